The first-order valence-electron chi connectivity index (χ1n) is 6.92. The summed E-state index contributed by atoms with van der Waals surface area (Å²) in [5.41, 5.74) is 5.84. The summed E-state index contributed by atoms with van der Waals surface area (Å²) < 4.78 is 5.01. The Kier molecular flexibility index (Phi) is 7.25. The number of unbranched alkanes of at least 4 members (excludes halogenated alkanes) is 1. The summed E-state index contributed by atoms with van der Waals surface area (Å²) in [6, 6.07) is 1.79. The number of anilines is 1. The monoisotopic (exact) mass is 298 g/mol. The zero-order valence-electron chi connectivity index (χ0n) is 12.0. The van der Waals surface area contributed by atoms with E-state index in [0.717, 1.165) is 24.1 Å². The largest absolute Gasteiger partial charge is 0.462 e. The Bertz CT molecular complexity index is 457. The van der Waals surface area contributed by atoms with Gasteiger partial charge in [0.25, 0.3) is 0 Å². The lowest BCUT2D eigenvalue weighted by Gasteiger charge is -2.05. The molecular weight excluding hydrogens is 276 g/mol. The number of thiophene rings is 1. The third-order valence-corrected chi connectivity index (χ3v) is 3.93. The molecule has 0 fully saturated rings. The average Bonchev–Trinajstić information content (AvgIpc) is 2.82. The van der Waals surface area contributed by atoms with Crippen molar-refractivity contribution in [1.82, 2.24) is 0 Å². The van der Waals surface area contributed by atoms with Crippen molar-refractivity contribution in [3.05, 3.63) is 16.5 Å². The van der Waals surface area contributed by atoms with E-state index in [1.807, 2.05) is 6.92 Å². The van der Waals surface area contributed by atoms with E-state index in [2.05, 4.69) is 5.32 Å². The molecule has 0 saturated heterocycles. The number of carbonyl (C=O) groups is 2. The minimum Gasteiger partial charge on any atom is -0.462 e. The van der Waals surface area contributed by atoms with Gasteiger partial charge >= 0.3 is 5.97 Å². The topological polar surface area (TPSA) is 81.4 Å². The number of nitrogens with two attached hydrogens (primary N) is 1. The normalized spacial score (nSPS) is 10.3. The third kappa shape index (κ3) is 4.94. The molecule has 20 heavy (non-hydrogen) atoms. The minimum absolute atomic E-state index is 0.0894. The number of nitrogens with one attached hydrogen (secondary N) is 1. The molecule has 1 rings (SSSR count). The number of aryl methyl sites for hydroxylation is 1. The molecule has 0 aliphatic heterocycles. The Hall–Kier alpha value is -1.40. The van der Waals surface area contributed by atoms with Crippen molar-refractivity contribution in [2.75, 3.05) is 18.5 Å². The van der Waals surface area contributed by atoms with Crippen LogP contribution in [0.1, 0.15) is 48.3 Å². The van der Waals surface area contributed by atoms with Gasteiger partial charge in [0.2, 0.25) is 5.91 Å². The molecule has 1 aromatic heterocycles. The van der Waals surface area contributed by atoms with Crippen LogP contribution in [-0.4, -0.2) is 25.0 Å². The molecule has 0 spiro atoms. The van der Waals surface area contributed by atoms with Gasteiger partial charge < -0.3 is 15.8 Å². The number of carbonyl (C=O) groups excluding carboxylic acids is 2. The molecule has 0 aliphatic rings. The fourth-order valence-electron chi connectivity index (χ4n) is 1.69. The number of esters is 1. The van der Waals surface area contributed by atoms with Crippen LogP contribution in [0.4, 0.5) is 5.00 Å². The van der Waals surface area contributed by atoms with Crippen molar-refractivity contribution in [3.63, 3.8) is 0 Å². The second-order valence-electron chi connectivity index (χ2n) is 4.32. The average molecular weight is 298 g/mol. The smallest absolute Gasteiger partial charge is 0.341 e. The zero-order chi connectivity index (χ0) is 15.0. The summed E-state index contributed by atoms with van der Waals surface area (Å²) in [4.78, 5) is 24.7. The minimum atomic E-state index is -0.388. The van der Waals surface area contributed by atoms with E-state index in [9.17, 15) is 9.59 Å². The molecule has 0 aromatic carbocycles. The molecule has 1 heterocycles. The summed E-state index contributed by atoms with van der Waals surface area (Å²) in [7, 11) is 0. The molecule has 3 N–H and O–H groups in total. The van der Waals surface area contributed by atoms with E-state index < -0.39 is 0 Å². The van der Waals surface area contributed by atoms with Gasteiger partial charge in [0, 0.05) is 11.3 Å². The molecular formula is C14H22N2O3S. The summed E-state index contributed by atoms with van der Waals surface area (Å²) in [5, 5.41) is 3.38. The second-order valence-corrected chi connectivity index (χ2v) is 5.46. The van der Waals surface area contributed by atoms with Crippen LogP contribution in [0, 0.1) is 0 Å². The molecule has 5 nitrogen and oxygen atoms in total. The lowest BCUT2D eigenvalue weighted by molar-refractivity contribution is -0.116. The molecule has 0 bridgehead atoms. The van der Waals surface area contributed by atoms with Crippen LogP contribution in [0.3, 0.4) is 0 Å². The fraction of sp³-hybridized carbons (Fsp3) is 0.571. The number of hydrogen-bond donors (Lipinski definition) is 2. The number of amides is 1. The lowest BCUT2D eigenvalue weighted by atomic mass is 10.2. The van der Waals surface area contributed by atoms with Crippen molar-refractivity contribution >= 4 is 28.2 Å². The zero-order valence-corrected chi connectivity index (χ0v) is 12.8. The molecule has 1 amide bonds. The van der Waals surface area contributed by atoms with E-state index in [0.29, 0.717) is 30.1 Å². The predicted octanol–water partition coefficient (Wildman–Crippen LogP) is 2.55. The maximum Gasteiger partial charge on any atom is 0.341 e. The van der Waals surface area contributed by atoms with E-state index in [1.54, 1.807) is 13.0 Å². The SMILES string of the molecule is CCOC(=O)c1cc(CC)sc1NC(=O)CCCCN. The van der Waals surface area contributed by atoms with Gasteiger partial charge in [0.1, 0.15) is 5.00 Å². The van der Waals surface area contributed by atoms with Gasteiger partial charge in [-0.1, -0.05) is 6.92 Å². The van der Waals surface area contributed by atoms with E-state index in [1.165, 1.54) is 11.3 Å². The van der Waals surface area contributed by atoms with Gasteiger partial charge in [-0.2, -0.15) is 0 Å². The van der Waals surface area contributed by atoms with Crippen molar-refractivity contribution < 1.29 is 14.3 Å². The second kappa shape index (κ2) is 8.71. The van der Waals surface area contributed by atoms with Gasteiger partial charge in [-0.3, -0.25) is 4.79 Å². The Morgan fingerprint density at radius 2 is 2.10 bits per heavy atom. The highest BCUT2D eigenvalue weighted by molar-refractivity contribution is 7.16. The van der Waals surface area contributed by atoms with Gasteiger partial charge in [-0.25, -0.2) is 4.79 Å². The third-order valence-electron chi connectivity index (χ3n) is 2.74. The highest BCUT2D eigenvalue weighted by atomic mass is 32.1. The van der Waals surface area contributed by atoms with Crippen LogP contribution < -0.4 is 11.1 Å². The summed E-state index contributed by atoms with van der Waals surface area (Å²) in [5.74, 6) is -0.478. The summed E-state index contributed by atoms with van der Waals surface area (Å²) >= 11 is 1.42. The van der Waals surface area contributed by atoms with Gasteiger partial charge in [0.15, 0.2) is 0 Å². The standard InChI is InChI=1S/C14H22N2O3S/c1-3-10-9-11(14(18)19-4-2)13(20-10)16-12(17)7-5-6-8-15/h9H,3-8,15H2,1-2H3,(H,16,17). The first kappa shape index (κ1) is 16.7. The molecule has 0 aliphatic carbocycles. The molecule has 0 radical (unpaired) electrons. The number of rotatable bonds is 8. The number of hydrogen-bond acceptors (Lipinski definition) is 5. The van der Waals surface area contributed by atoms with Crippen molar-refractivity contribution in [1.29, 1.82) is 0 Å². The van der Waals surface area contributed by atoms with Gasteiger partial charge in [0.05, 0.1) is 12.2 Å². The fourth-order valence-corrected chi connectivity index (χ4v) is 2.69. The van der Waals surface area contributed by atoms with E-state index in [-0.39, 0.29) is 11.9 Å². The Labute approximate surface area is 123 Å². The van der Waals surface area contributed by atoms with Crippen LogP contribution in [0.15, 0.2) is 6.07 Å². The highest BCUT2D eigenvalue weighted by Crippen LogP contribution is 2.29. The molecule has 6 heteroatoms. The molecule has 0 unspecified atom stereocenters. The van der Waals surface area contributed by atoms with Crippen molar-refractivity contribution in [2.24, 2.45) is 5.73 Å². The lowest BCUT2D eigenvalue weighted by Crippen LogP contribution is -2.14. The van der Waals surface area contributed by atoms with Crippen LogP contribution in [0.2, 0.25) is 0 Å². The van der Waals surface area contributed by atoms with Crippen LogP contribution >= 0.6 is 11.3 Å². The predicted molar refractivity (Wildman–Crippen MR) is 81.2 cm³/mol. The molecule has 0 saturated carbocycles. The van der Waals surface area contributed by atoms with Gasteiger partial charge in [-0.15, -0.1) is 11.3 Å². The first-order valence-corrected chi connectivity index (χ1v) is 7.73. The van der Waals surface area contributed by atoms with E-state index in [4.69, 9.17) is 10.5 Å². The molecule has 112 valence electrons. The Morgan fingerprint density at radius 3 is 2.70 bits per heavy atom. The quantitative estimate of drug-likeness (QED) is 0.571. The van der Waals surface area contributed by atoms with Crippen LogP contribution in [-0.2, 0) is 16.0 Å². The molecule has 1 aromatic rings. The van der Waals surface area contributed by atoms with E-state index >= 15 is 0 Å². The first-order chi connectivity index (χ1) is 9.62. The maximum atomic E-state index is 11.9. The van der Waals surface area contributed by atoms with Crippen LogP contribution in [0.5, 0.6) is 0 Å². The summed E-state index contributed by atoms with van der Waals surface area (Å²) in [6.07, 6.45) is 2.81. The maximum absolute atomic E-state index is 11.9. The molecule has 0 atom stereocenters. The highest BCUT2D eigenvalue weighted by Gasteiger charge is 2.18. The van der Waals surface area contributed by atoms with Crippen LogP contribution in [0.25, 0.3) is 0 Å². The van der Waals surface area contributed by atoms with Crippen molar-refractivity contribution in [3.8, 4) is 0 Å². The Morgan fingerprint density at radius 1 is 1.35 bits per heavy atom. The number of ether oxygens (including phenoxy) is 1. The Balaban J connectivity index is 2.74. The van der Waals surface area contributed by atoms with Crippen molar-refractivity contribution in [2.45, 2.75) is 39.5 Å². The summed E-state index contributed by atoms with van der Waals surface area (Å²) in [6.45, 7) is 4.67. The van der Waals surface area contributed by atoms with Gasteiger partial charge in [-0.05, 0) is 38.8 Å².